The van der Waals surface area contributed by atoms with Gasteiger partial charge in [0.25, 0.3) is 5.56 Å². The summed E-state index contributed by atoms with van der Waals surface area (Å²) in [5.41, 5.74) is 0.401. The third-order valence-electron chi connectivity index (χ3n) is 5.90. The van der Waals surface area contributed by atoms with Crippen LogP contribution in [0, 0.1) is 11.8 Å². The molecule has 4 aromatic heterocycles. The molecule has 0 radical (unpaired) electrons. The van der Waals surface area contributed by atoms with Gasteiger partial charge in [-0.25, -0.2) is 14.6 Å². The van der Waals surface area contributed by atoms with Crippen LogP contribution in [0.5, 0.6) is 0 Å². The van der Waals surface area contributed by atoms with E-state index in [2.05, 4.69) is 35.3 Å². The second-order valence-corrected chi connectivity index (χ2v) is 8.14. The molecule has 1 aliphatic carbocycles. The van der Waals surface area contributed by atoms with Crippen molar-refractivity contribution in [3.8, 4) is 0 Å². The average molecular weight is 426 g/mol. The van der Waals surface area contributed by atoms with E-state index >= 15 is 0 Å². The quantitative estimate of drug-likeness (QED) is 0.468. The number of anilines is 1. The molecule has 0 amide bonds. The third kappa shape index (κ3) is 2.69. The van der Waals surface area contributed by atoms with E-state index in [1.807, 2.05) is 6.07 Å². The molecule has 1 aliphatic heterocycles. The van der Waals surface area contributed by atoms with Gasteiger partial charge < -0.3 is 9.42 Å². The lowest BCUT2D eigenvalue weighted by Crippen LogP contribution is -2.24. The van der Waals surface area contributed by atoms with E-state index in [9.17, 15) is 4.79 Å². The zero-order valence-electron chi connectivity index (χ0n) is 15.9. The fourth-order valence-corrected chi connectivity index (χ4v) is 4.52. The number of piperidine rings is 1. The van der Waals surface area contributed by atoms with Crippen LogP contribution in [0.2, 0.25) is 5.02 Å². The summed E-state index contributed by atoms with van der Waals surface area (Å²) in [6.45, 7) is 1.93. The Bertz CT molecular complexity index is 1320. The van der Waals surface area contributed by atoms with Gasteiger partial charge in [-0.3, -0.25) is 9.36 Å². The summed E-state index contributed by atoms with van der Waals surface area (Å²) in [6, 6.07) is 3.66. The molecule has 3 atom stereocenters. The predicted molar refractivity (Wildman–Crippen MR) is 105 cm³/mol. The minimum Gasteiger partial charge on any atom is -0.356 e. The molecule has 30 heavy (non-hydrogen) atoms. The fourth-order valence-electron chi connectivity index (χ4n) is 4.37. The molecule has 12 heteroatoms. The Kier molecular flexibility index (Phi) is 3.69. The number of aromatic nitrogens is 8. The van der Waals surface area contributed by atoms with Gasteiger partial charge in [-0.15, -0.1) is 5.10 Å². The van der Waals surface area contributed by atoms with Gasteiger partial charge in [0.05, 0.1) is 0 Å². The van der Waals surface area contributed by atoms with Gasteiger partial charge in [0, 0.05) is 37.3 Å². The SMILES string of the molecule is Cn1nnc2ncn(Cc3nc([C@H]4[C@@H]5CN(c6cc(Cl)ccn6)C[C@@H]54)no3)c(=O)c21. The van der Waals surface area contributed by atoms with Crippen molar-refractivity contribution in [2.24, 2.45) is 18.9 Å². The van der Waals surface area contributed by atoms with Crippen molar-refractivity contribution in [2.75, 3.05) is 18.0 Å². The van der Waals surface area contributed by atoms with Gasteiger partial charge in [-0.1, -0.05) is 22.0 Å². The molecule has 2 aliphatic rings. The number of pyridine rings is 1. The van der Waals surface area contributed by atoms with Crippen LogP contribution in [0.4, 0.5) is 5.82 Å². The number of hydrogen-bond donors (Lipinski definition) is 0. The van der Waals surface area contributed by atoms with Gasteiger partial charge in [0.2, 0.25) is 11.5 Å². The number of nitrogens with zero attached hydrogens (tertiary/aromatic N) is 9. The second-order valence-electron chi connectivity index (χ2n) is 7.70. The summed E-state index contributed by atoms with van der Waals surface area (Å²) in [6.07, 6.45) is 3.14. The summed E-state index contributed by atoms with van der Waals surface area (Å²) >= 11 is 6.07. The largest absolute Gasteiger partial charge is 0.356 e. The van der Waals surface area contributed by atoms with Crippen LogP contribution in [-0.4, -0.2) is 52.8 Å². The van der Waals surface area contributed by atoms with Crippen LogP contribution >= 0.6 is 11.6 Å². The zero-order chi connectivity index (χ0) is 20.4. The standard InChI is InChI=1S/C18H16ClN9O2/c1-26-15-17(23-25-26)21-8-28(18(15)29)7-13-22-16(24-30-13)14-10-5-27(6-11(10)14)12-4-9(19)2-3-20-12/h2-4,8,10-11,14H,5-7H2,1H3/t10-,11+,14+. The van der Waals surface area contributed by atoms with Gasteiger partial charge in [-0.2, -0.15) is 4.98 Å². The monoisotopic (exact) mass is 425 g/mol. The number of hydrogen-bond acceptors (Lipinski definition) is 9. The maximum absolute atomic E-state index is 12.6. The first-order valence-corrected chi connectivity index (χ1v) is 9.90. The van der Waals surface area contributed by atoms with E-state index in [-0.39, 0.29) is 18.0 Å². The average Bonchev–Trinajstić information content (AvgIpc) is 3.16. The molecule has 0 unspecified atom stereocenters. The van der Waals surface area contributed by atoms with Crippen LogP contribution in [0.1, 0.15) is 17.6 Å². The lowest BCUT2D eigenvalue weighted by atomic mass is 10.2. The molecule has 152 valence electrons. The van der Waals surface area contributed by atoms with Gasteiger partial charge in [0.1, 0.15) is 18.7 Å². The molecule has 1 saturated heterocycles. The van der Waals surface area contributed by atoms with Crippen molar-refractivity contribution in [1.82, 2.24) is 39.7 Å². The predicted octanol–water partition coefficient (Wildman–Crippen LogP) is 0.854. The Balaban J connectivity index is 1.17. The molecule has 1 saturated carbocycles. The highest BCUT2D eigenvalue weighted by Gasteiger charge is 2.58. The van der Waals surface area contributed by atoms with Crippen LogP contribution < -0.4 is 10.5 Å². The Hall–Kier alpha value is -3.34. The number of halogens is 1. The molecule has 0 aromatic carbocycles. The van der Waals surface area contributed by atoms with E-state index in [4.69, 9.17) is 16.1 Å². The smallest absolute Gasteiger partial charge is 0.281 e. The highest BCUT2D eigenvalue weighted by Crippen LogP contribution is 2.57. The van der Waals surface area contributed by atoms with E-state index in [1.165, 1.54) is 15.6 Å². The van der Waals surface area contributed by atoms with E-state index in [0.717, 1.165) is 18.9 Å². The molecular weight excluding hydrogens is 410 g/mol. The highest BCUT2D eigenvalue weighted by molar-refractivity contribution is 6.30. The first-order chi connectivity index (χ1) is 14.6. The van der Waals surface area contributed by atoms with Gasteiger partial charge in [0.15, 0.2) is 11.3 Å². The number of rotatable bonds is 4. The normalized spacial score (nSPS) is 22.6. The number of aryl methyl sites for hydroxylation is 1. The minimum absolute atomic E-state index is 0.153. The van der Waals surface area contributed by atoms with Gasteiger partial charge in [-0.05, 0) is 24.0 Å². The third-order valence-corrected chi connectivity index (χ3v) is 6.14. The Morgan fingerprint density at radius 2 is 2.10 bits per heavy atom. The first kappa shape index (κ1) is 17.5. The second kappa shape index (κ2) is 6.33. The van der Waals surface area contributed by atoms with Crippen molar-refractivity contribution in [3.05, 3.63) is 51.7 Å². The molecule has 0 bridgehead atoms. The minimum atomic E-state index is -0.250. The molecule has 11 nitrogen and oxygen atoms in total. The summed E-state index contributed by atoms with van der Waals surface area (Å²) in [4.78, 5) is 28.0. The Morgan fingerprint density at radius 1 is 1.27 bits per heavy atom. The van der Waals surface area contributed by atoms with Crippen molar-refractivity contribution in [1.29, 1.82) is 0 Å². The van der Waals surface area contributed by atoms with Gasteiger partial charge >= 0.3 is 0 Å². The zero-order valence-corrected chi connectivity index (χ0v) is 16.6. The summed E-state index contributed by atoms with van der Waals surface area (Å²) < 4.78 is 8.24. The molecule has 4 aromatic rings. The van der Waals surface area contributed by atoms with E-state index < -0.39 is 0 Å². The van der Waals surface area contributed by atoms with E-state index in [1.54, 1.807) is 19.3 Å². The van der Waals surface area contributed by atoms with Crippen molar-refractivity contribution >= 4 is 28.6 Å². The molecule has 6 rings (SSSR count). The molecule has 0 N–H and O–H groups in total. The number of fused-ring (bicyclic) bond motifs is 2. The summed E-state index contributed by atoms with van der Waals surface area (Å²) in [7, 11) is 1.65. The van der Waals surface area contributed by atoms with Crippen LogP contribution in [0.15, 0.2) is 34.0 Å². The molecule has 2 fully saturated rings. The van der Waals surface area contributed by atoms with E-state index in [0.29, 0.717) is 39.7 Å². The fraction of sp³-hybridized carbons (Fsp3) is 0.389. The highest BCUT2D eigenvalue weighted by atomic mass is 35.5. The maximum atomic E-state index is 12.6. The van der Waals surface area contributed by atoms with Crippen molar-refractivity contribution in [2.45, 2.75) is 12.5 Å². The first-order valence-electron chi connectivity index (χ1n) is 9.52. The molecular formula is C18H16ClN9O2. The lowest BCUT2D eigenvalue weighted by molar-refractivity contribution is 0.363. The van der Waals surface area contributed by atoms with Crippen LogP contribution in [-0.2, 0) is 13.6 Å². The topological polar surface area (TPSA) is 121 Å². The van der Waals surface area contributed by atoms with Crippen LogP contribution in [0.3, 0.4) is 0 Å². The van der Waals surface area contributed by atoms with Crippen LogP contribution in [0.25, 0.3) is 11.2 Å². The molecule has 0 spiro atoms. The Labute approximate surface area is 174 Å². The van der Waals surface area contributed by atoms with Crippen molar-refractivity contribution in [3.63, 3.8) is 0 Å². The summed E-state index contributed by atoms with van der Waals surface area (Å²) in [5.74, 6) is 3.19. The van der Waals surface area contributed by atoms with Crippen molar-refractivity contribution < 1.29 is 4.52 Å². The maximum Gasteiger partial charge on any atom is 0.281 e. The molecule has 5 heterocycles. The lowest BCUT2D eigenvalue weighted by Gasteiger charge is -2.20. The Morgan fingerprint density at radius 3 is 2.90 bits per heavy atom. The summed E-state index contributed by atoms with van der Waals surface area (Å²) in [5, 5.41) is 12.5.